The Hall–Kier alpha value is -3.13. The normalized spacial score (nSPS) is 14.0. The number of anilines is 2. The molecule has 4 aromatic rings. The standard InChI is InChI=1S/C17H15ClN8/c18-11-4-2-1-3-9(11)13-10-7-26(6-5-12(10)24-25-13)16-14-15(21-8-20-14)22-17(19)23-16/h1-4,8H,5-7H2,(H,24,25)(H3,19,20,21,22,23). The second kappa shape index (κ2) is 5.70. The van der Waals surface area contributed by atoms with Gasteiger partial charge in [0.25, 0.3) is 0 Å². The smallest absolute Gasteiger partial charge is 0.224 e. The Morgan fingerprint density at radius 2 is 2.08 bits per heavy atom. The van der Waals surface area contributed by atoms with Crippen molar-refractivity contribution < 1.29 is 0 Å². The minimum Gasteiger partial charge on any atom is -0.368 e. The molecule has 1 aliphatic heterocycles. The molecule has 4 N–H and O–H groups in total. The maximum absolute atomic E-state index is 6.38. The van der Waals surface area contributed by atoms with Crippen molar-refractivity contribution in [3.63, 3.8) is 0 Å². The van der Waals surface area contributed by atoms with E-state index in [-0.39, 0.29) is 5.95 Å². The summed E-state index contributed by atoms with van der Waals surface area (Å²) in [5, 5.41) is 8.35. The Morgan fingerprint density at radius 3 is 2.96 bits per heavy atom. The van der Waals surface area contributed by atoms with E-state index in [9.17, 15) is 0 Å². The molecule has 5 rings (SSSR count). The van der Waals surface area contributed by atoms with Gasteiger partial charge in [-0.3, -0.25) is 5.10 Å². The fourth-order valence-corrected chi connectivity index (χ4v) is 3.64. The average Bonchev–Trinajstić information content (AvgIpc) is 3.27. The molecule has 0 fully saturated rings. The second-order valence-electron chi connectivity index (χ2n) is 6.19. The molecule has 0 aliphatic carbocycles. The number of aromatic nitrogens is 6. The van der Waals surface area contributed by atoms with E-state index >= 15 is 0 Å². The number of benzene rings is 1. The highest BCUT2D eigenvalue weighted by molar-refractivity contribution is 6.33. The number of fused-ring (bicyclic) bond motifs is 2. The molecule has 0 spiro atoms. The van der Waals surface area contributed by atoms with Crippen molar-refractivity contribution in [3.8, 4) is 11.3 Å². The van der Waals surface area contributed by atoms with Gasteiger partial charge in [0, 0.05) is 36.3 Å². The van der Waals surface area contributed by atoms with Crippen molar-refractivity contribution in [1.29, 1.82) is 0 Å². The van der Waals surface area contributed by atoms with Crippen LogP contribution in [0.15, 0.2) is 30.6 Å². The average molecular weight is 367 g/mol. The number of nitrogens with two attached hydrogens (primary N) is 1. The summed E-state index contributed by atoms with van der Waals surface area (Å²) in [6.45, 7) is 1.44. The summed E-state index contributed by atoms with van der Waals surface area (Å²) in [5.74, 6) is 0.964. The molecule has 0 bridgehead atoms. The molecule has 0 radical (unpaired) electrons. The van der Waals surface area contributed by atoms with Gasteiger partial charge in [-0.1, -0.05) is 29.8 Å². The Bertz CT molecular complexity index is 1120. The number of nitrogens with zero attached hydrogens (tertiary/aromatic N) is 5. The van der Waals surface area contributed by atoms with E-state index in [2.05, 4.69) is 35.0 Å². The maximum atomic E-state index is 6.38. The second-order valence-corrected chi connectivity index (χ2v) is 6.59. The van der Waals surface area contributed by atoms with Crippen molar-refractivity contribution in [3.05, 3.63) is 46.9 Å². The zero-order valence-electron chi connectivity index (χ0n) is 13.7. The van der Waals surface area contributed by atoms with Gasteiger partial charge in [0.05, 0.1) is 17.0 Å². The lowest BCUT2D eigenvalue weighted by Gasteiger charge is -2.28. The van der Waals surface area contributed by atoms with Crippen LogP contribution in [0, 0.1) is 0 Å². The molecule has 3 aromatic heterocycles. The van der Waals surface area contributed by atoms with Crippen LogP contribution in [0.5, 0.6) is 0 Å². The van der Waals surface area contributed by atoms with E-state index in [1.54, 1.807) is 6.33 Å². The molecule has 0 amide bonds. The van der Waals surface area contributed by atoms with Gasteiger partial charge >= 0.3 is 0 Å². The third-order valence-corrected chi connectivity index (χ3v) is 4.98. The van der Waals surface area contributed by atoms with Crippen LogP contribution < -0.4 is 10.6 Å². The van der Waals surface area contributed by atoms with Gasteiger partial charge in [-0.25, -0.2) is 4.98 Å². The summed E-state index contributed by atoms with van der Waals surface area (Å²) >= 11 is 6.38. The molecule has 9 heteroatoms. The largest absolute Gasteiger partial charge is 0.368 e. The molecule has 130 valence electrons. The number of aromatic amines is 2. The van der Waals surface area contributed by atoms with Crippen molar-refractivity contribution in [1.82, 2.24) is 30.1 Å². The molecular formula is C17H15ClN8. The predicted octanol–water partition coefficient (Wildman–Crippen LogP) is 2.54. The van der Waals surface area contributed by atoms with E-state index in [4.69, 9.17) is 17.3 Å². The van der Waals surface area contributed by atoms with E-state index in [0.29, 0.717) is 17.2 Å². The van der Waals surface area contributed by atoms with E-state index < -0.39 is 0 Å². The number of nitrogens with one attached hydrogen (secondary N) is 2. The summed E-state index contributed by atoms with van der Waals surface area (Å²) in [6.07, 6.45) is 2.43. The van der Waals surface area contributed by atoms with Crippen LogP contribution in [0.4, 0.5) is 11.8 Å². The van der Waals surface area contributed by atoms with Gasteiger partial charge in [-0.15, -0.1) is 0 Å². The zero-order chi connectivity index (χ0) is 17.7. The van der Waals surface area contributed by atoms with Crippen LogP contribution in [-0.2, 0) is 13.0 Å². The molecule has 0 unspecified atom stereocenters. The summed E-state index contributed by atoms with van der Waals surface area (Å²) in [6, 6.07) is 7.73. The first-order valence-corrected chi connectivity index (χ1v) is 8.61. The lowest BCUT2D eigenvalue weighted by atomic mass is 10.0. The number of imidazole rings is 1. The fourth-order valence-electron chi connectivity index (χ4n) is 3.41. The minimum absolute atomic E-state index is 0.212. The summed E-state index contributed by atoms with van der Waals surface area (Å²) < 4.78 is 0. The quantitative estimate of drug-likeness (QED) is 0.502. The molecule has 1 aliphatic rings. The van der Waals surface area contributed by atoms with Gasteiger partial charge in [0.15, 0.2) is 11.5 Å². The molecule has 0 saturated carbocycles. The van der Waals surface area contributed by atoms with Crippen molar-refractivity contribution >= 4 is 34.5 Å². The number of halogens is 1. The number of nitrogen functional groups attached to an aromatic ring is 1. The van der Waals surface area contributed by atoms with Crippen LogP contribution in [0.2, 0.25) is 5.02 Å². The van der Waals surface area contributed by atoms with Crippen molar-refractivity contribution in [2.45, 2.75) is 13.0 Å². The van der Waals surface area contributed by atoms with Crippen LogP contribution in [0.25, 0.3) is 22.4 Å². The van der Waals surface area contributed by atoms with Crippen LogP contribution in [0.3, 0.4) is 0 Å². The van der Waals surface area contributed by atoms with Gasteiger partial charge in [0.1, 0.15) is 5.52 Å². The SMILES string of the molecule is Nc1nc(N2CCc3[nH]nc(-c4ccccc4Cl)c3C2)c2[nH]cnc2n1. The predicted molar refractivity (Wildman–Crippen MR) is 99.9 cm³/mol. The molecule has 4 heterocycles. The van der Waals surface area contributed by atoms with Gasteiger partial charge in [-0.05, 0) is 6.07 Å². The first-order chi connectivity index (χ1) is 12.7. The third-order valence-electron chi connectivity index (χ3n) is 4.65. The topological polar surface area (TPSA) is 112 Å². The van der Waals surface area contributed by atoms with E-state index in [0.717, 1.165) is 46.8 Å². The summed E-state index contributed by atoms with van der Waals surface area (Å²) in [4.78, 5) is 18.1. The van der Waals surface area contributed by atoms with Gasteiger partial charge in [-0.2, -0.15) is 15.1 Å². The highest BCUT2D eigenvalue weighted by Crippen LogP contribution is 2.34. The Morgan fingerprint density at radius 1 is 1.19 bits per heavy atom. The minimum atomic E-state index is 0.212. The summed E-state index contributed by atoms with van der Waals surface area (Å²) in [5.41, 5.74) is 11.3. The Labute approximate surface area is 153 Å². The zero-order valence-corrected chi connectivity index (χ0v) is 14.5. The highest BCUT2D eigenvalue weighted by atomic mass is 35.5. The van der Waals surface area contributed by atoms with Crippen molar-refractivity contribution in [2.75, 3.05) is 17.2 Å². The molecule has 0 saturated heterocycles. The monoisotopic (exact) mass is 366 g/mol. The number of H-pyrrole nitrogens is 2. The third kappa shape index (κ3) is 2.30. The summed E-state index contributed by atoms with van der Waals surface area (Å²) in [7, 11) is 0. The lowest BCUT2D eigenvalue weighted by Crippen LogP contribution is -2.31. The highest BCUT2D eigenvalue weighted by Gasteiger charge is 2.26. The van der Waals surface area contributed by atoms with Crippen LogP contribution >= 0.6 is 11.6 Å². The Kier molecular flexibility index (Phi) is 3.32. The number of hydrogen-bond acceptors (Lipinski definition) is 6. The molecule has 0 atom stereocenters. The van der Waals surface area contributed by atoms with Gasteiger partial charge in [0.2, 0.25) is 5.95 Å². The Balaban J connectivity index is 1.59. The molecule has 1 aromatic carbocycles. The van der Waals surface area contributed by atoms with E-state index in [1.807, 2.05) is 24.3 Å². The van der Waals surface area contributed by atoms with Crippen LogP contribution in [0.1, 0.15) is 11.3 Å². The van der Waals surface area contributed by atoms with Crippen molar-refractivity contribution in [2.24, 2.45) is 0 Å². The number of hydrogen-bond donors (Lipinski definition) is 3. The number of rotatable bonds is 2. The van der Waals surface area contributed by atoms with Crippen LogP contribution in [-0.4, -0.2) is 36.7 Å². The maximum Gasteiger partial charge on any atom is 0.224 e. The fraction of sp³-hybridized carbons (Fsp3) is 0.176. The first-order valence-electron chi connectivity index (χ1n) is 8.23. The van der Waals surface area contributed by atoms with Gasteiger partial charge < -0.3 is 15.6 Å². The van der Waals surface area contributed by atoms with E-state index in [1.165, 1.54) is 0 Å². The molecule has 8 nitrogen and oxygen atoms in total. The first kappa shape index (κ1) is 15.2. The molecular weight excluding hydrogens is 352 g/mol. The lowest BCUT2D eigenvalue weighted by molar-refractivity contribution is 0.713. The molecule has 26 heavy (non-hydrogen) atoms.